The zero-order valence-corrected chi connectivity index (χ0v) is 20.5. The molecule has 0 aliphatic heterocycles. The van der Waals surface area contributed by atoms with E-state index in [1.165, 1.54) is 53.4 Å². The smallest absolute Gasteiger partial charge is 0.129 e. The van der Waals surface area contributed by atoms with Gasteiger partial charge in [-0.05, 0) is 48.8 Å². The van der Waals surface area contributed by atoms with Crippen LogP contribution in [0.5, 0.6) is 0 Å². The lowest BCUT2D eigenvalue weighted by molar-refractivity contribution is 0.809. The Morgan fingerprint density at radius 2 is 1.67 bits per heavy atom. The van der Waals surface area contributed by atoms with Crippen molar-refractivity contribution in [3.8, 4) is 11.5 Å². The van der Waals surface area contributed by atoms with E-state index in [1.54, 1.807) is 0 Å². The highest BCUT2D eigenvalue weighted by molar-refractivity contribution is 8.05. The van der Waals surface area contributed by atoms with Gasteiger partial charge in [-0.2, -0.15) is 11.8 Å². The van der Waals surface area contributed by atoms with Gasteiger partial charge in [0.1, 0.15) is 8.07 Å². The van der Waals surface area contributed by atoms with Gasteiger partial charge in [-0.15, -0.1) is 23.0 Å². The SMILES string of the molecule is CCCCSCCSC(=C=Cc1ccc(C#C[Si](C)(C)C)cc1)CCCC. The van der Waals surface area contributed by atoms with Crippen molar-refractivity contribution in [1.29, 1.82) is 0 Å². The van der Waals surface area contributed by atoms with E-state index in [0.29, 0.717) is 0 Å². The Hall–Kier alpha value is -0.783. The fraction of sp³-hybridized carbons (Fsp3) is 0.542. The fourth-order valence-electron chi connectivity index (χ4n) is 2.18. The molecule has 0 atom stereocenters. The standard InChI is InChI=1S/C24H36S2Si/c1-6-8-10-24(26-20-19-25-18-9-7-2)16-15-22-11-13-23(14-12-22)17-21-27(3,4)5/h11-15H,6-10,18-20H2,1-5H3. The molecule has 0 N–H and O–H groups in total. The van der Waals surface area contributed by atoms with Crippen molar-refractivity contribution >= 4 is 37.7 Å². The molecule has 0 unspecified atom stereocenters. The van der Waals surface area contributed by atoms with Crippen LogP contribution < -0.4 is 0 Å². The van der Waals surface area contributed by atoms with E-state index in [1.807, 2.05) is 11.8 Å². The third-order valence-corrected chi connectivity index (χ3v) is 7.08. The molecule has 0 aliphatic rings. The van der Waals surface area contributed by atoms with Crippen molar-refractivity contribution in [3.63, 3.8) is 0 Å². The maximum Gasteiger partial charge on any atom is 0.129 e. The molecule has 0 saturated carbocycles. The number of hydrogen-bond donors (Lipinski definition) is 0. The summed E-state index contributed by atoms with van der Waals surface area (Å²) in [6, 6.07) is 8.57. The largest absolute Gasteiger partial charge is 0.161 e. The maximum atomic E-state index is 3.56. The molecule has 0 nitrogen and oxygen atoms in total. The molecule has 1 rings (SSSR count). The minimum Gasteiger partial charge on any atom is -0.161 e. The van der Waals surface area contributed by atoms with Crippen LogP contribution in [0, 0.1) is 11.5 Å². The van der Waals surface area contributed by atoms with Crippen LogP contribution in [0.4, 0.5) is 0 Å². The van der Waals surface area contributed by atoms with E-state index in [2.05, 4.69) is 92.8 Å². The van der Waals surface area contributed by atoms with E-state index in [4.69, 9.17) is 0 Å². The van der Waals surface area contributed by atoms with E-state index in [-0.39, 0.29) is 0 Å². The first kappa shape index (κ1) is 24.3. The van der Waals surface area contributed by atoms with Crippen molar-refractivity contribution in [3.05, 3.63) is 46.0 Å². The van der Waals surface area contributed by atoms with Gasteiger partial charge in [0.15, 0.2) is 0 Å². The predicted octanol–water partition coefficient (Wildman–Crippen LogP) is 7.87. The van der Waals surface area contributed by atoms with Crippen LogP contribution in [0.25, 0.3) is 6.08 Å². The van der Waals surface area contributed by atoms with Crippen LogP contribution in [0.1, 0.15) is 57.1 Å². The van der Waals surface area contributed by atoms with E-state index < -0.39 is 8.07 Å². The second-order valence-electron chi connectivity index (χ2n) is 7.75. The summed E-state index contributed by atoms with van der Waals surface area (Å²) in [4.78, 5) is 1.40. The summed E-state index contributed by atoms with van der Waals surface area (Å²) < 4.78 is 0. The Morgan fingerprint density at radius 3 is 2.30 bits per heavy atom. The number of thioether (sulfide) groups is 2. The van der Waals surface area contributed by atoms with E-state index in [9.17, 15) is 0 Å². The lowest BCUT2D eigenvalue weighted by Crippen LogP contribution is -2.16. The number of unbranched alkanes of at least 4 members (excludes halogenated alkanes) is 2. The minimum absolute atomic E-state index is 1.11. The Morgan fingerprint density at radius 1 is 0.963 bits per heavy atom. The molecule has 0 aliphatic carbocycles. The number of rotatable bonds is 11. The van der Waals surface area contributed by atoms with Gasteiger partial charge < -0.3 is 0 Å². The molecule has 3 heteroatoms. The average molecular weight is 417 g/mol. The molecule has 0 saturated heterocycles. The summed E-state index contributed by atoms with van der Waals surface area (Å²) >= 11 is 4.07. The van der Waals surface area contributed by atoms with Gasteiger partial charge in [0.05, 0.1) is 0 Å². The molecule has 0 bridgehead atoms. The lowest BCUT2D eigenvalue weighted by Gasteiger charge is -2.04. The number of hydrogen-bond acceptors (Lipinski definition) is 2. The van der Waals surface area contributed by atoms with Gasteiger partial charge in [-0.1, -0.05) is 64.4 Å². The van der Waals surface area contributed by atoms with Crippen LogP contribution in [-0.4, -0.2) is 25.3 Å². The zero-order valence-electron chi connectivity index (χ0n) is 17.9. The molecular formula is C24H36S2Si. The summed E-state index contributed by atoms with van der Waals surface area (Å²) in [5.74, 6) is 7.06. The Balaban J connectivity index is 2.68. The van der Waals surface area contributed by atoms with Crippen molar-refractivity contribution in [2.75, 3.05) is 17.3 Å². The number of benzene rings is 1. The lowest BCUT2D eigenvalue weighted by atomic mass is 10.1. The summed E-state index contributed by atoms with van der Waals surface area (Å²) in [7, 11) is -1.31. The van der Waals surface area contributed by atoms with Crippen molar-refractivity contribution in [1.82, 2.24) is 0 Å². The predicted molar refractivity (Wildman–Crippen MR) is 132 cm³/mol. The van der Waals surface area contributed by atoms with Crippen molar-refractivity contribution < 1.29 is 0 Å². The Kier molecular flexibility index (Phi) is 12.8. The molecule has 0 amide bonds. The van der Waals surface area contributed by atoms with Gasteiger partial charge in [0, 0.05) is 22.0 Å². The van der Waals surface area contributed by atoms with Crippen LogP contribution in [0.3, 0.4) is 0 Å². The molecule has 0 radical (unpaired) electrons. The normalized spacial score (nSPS) is 10.7. The monoisotopic (exact) mass is 416 g/mol. The van der Waals surface area contributed by atoms with Gasteiger partial charge >= 0.3 is 0 Å². The van der Waals surface area contributed by atoms with Crippen molar-refractivity contribution in [2.45, 2.75) is 65.6 Å². The first-order valence-electron chi connectivity index (χ1n) is 10.2. The third kappa shape index (κ3) is 13.1. The van der Waals surface area contributed by atoms with Gasteiger partial charge in [-0.3, -0.25) is 0 Å². The number of allylic oxidation sites excluding steroid dienone is 1. The Labute approximate surface area is 177 Å². The molecule has 1 aromatic carbocycles. The first-order chi connectivity index (χ1) is 12.9. The molecule has 0 fully saturated rings. The molecule has 0 spiro atoms. The molecule has 1 aromatic rings. The summed E-state index contributed by atoms with van der Waals surface area (Å²) in [6.45, 7) is 11.4. The van der Waals surface area contributed by atoms with Gasteiger partial charge in [0.2, 0.25) is 0 Å². The van der Waals surface area contributed by atoms with Crippen LogP contribution in [0.15, 0.2) is 34.9 Å². The molecular weight excluding hydrogens is 380 g/mol. The molecule has 148 valence electrons. The van der Waals surface area contributed by atoms with E-state index >= 15 is 0 Å². The van der Waals surface area contributed by atoms with Crippen molar-refractivity contribution in [2.24, 2.45) is 0 Å². The van der Waals surface area contributed by atoms with Crippen LogP contribution in [-0.2, 0) is 0 Å². The highest BCUT2D eigenvalue weighted by atomic mass is 32.2. The van der Waals surface area contributed by atoms with Gasteiger partial charge in [-0.25, -0.2) is 0 Å². The Bertz CT molecular complexity index is 650. The summed E-state index contributed by atoms with van der Waals surface area (Å²) in [6.07, 6.45) is 8.41. The fourth-order valence-corrected chi connectivity index (χ4v) is 4.88. The van der Waals surface area contributed by atoms with Crippen LogP contribution >= 0.6 is 23.5 Å². The second kappa shape index (κ2) is 14.2. The highest BCUT2D eigenvalue weighted by Crippen LogP contribution is 2.22. The molecule has 27 heavy (non-hydrogen) atoms. The van der Waals surface area contributed by atoms with Gasteiger partial charge in [0.25, 0.3) is 0 Å². The quantitative estimate of drug-likeness (QED) is 0.156. The summed E-state index contributed by atoms with van der Waals surface area (Å²) in [5.41, 5.74) is 9.31. The second-order valence-corrected chi connectivity index (χ2v) is 14.9. The third-order valence-electron chi connectivity index (χ3n) is 3.80. The molecule has 0 aromatic heterocycles. The highest BCUT2D eigenvalue weighted by Gasteiger charge is 2.07. The zero-order chi connectivity index (χ0) is 20.0. The summed E-state index contributed by atoms with van der Waals surface area (Å²) in [5, 5.41) is 0. The minimum atomic E-state index is -1.31. The molecule has 0 heterocycles. The average Bonchev–Trinajstić information content (AvgIpc) is 2.64. The van der Waals surface area contributed by atoms with Crippen LogP contribution in [0.2, 0.25) is 19.6 Å². The topological polar surface area (TPSA) is 0 Å². The first-order valence-corrected chi connectivity index (χ1v) is 15.9. The van der Waals surface area contributed by atoms with E-state index in [0.717, 1.165) is 12.0 Å². The maximum absolute atomic E-state index is 3.56.